The highest BCUT2D eigenvalue weighted by Crippen LogP contribution is 2.46. The molecule has 9 heteroatoms. The second-order valence-corrected chi connectivity index (χ2v) is 10.0. The maximum atomic E-state index is 13.8. The van der Waals surface area contributed by atoms with Gasteiger partial charge in [0.15, 0.2) is 5.16 Å². The van der Waals surface area contributed by atoms with Crippen LogP contribution in [-0.4, -0.2) is 57.2 Å². The molecule has 4 rings (SSSR count). The summed E-state index contributed by atoms with van der Waals surface area (Å²) in [5, 5.41) is 0.605. The van der Waals surface area contributed by atoms with E-state index < -0.39 is 23.0 Å². The van der Waals surface area contributed by atoms with Crippen LogP contribution in [0.3, 0.4) is 0 Å². The van der Waals surface area contributed by atoms with Gasteiger partial charge in [-0.15, -0.1) is 0 Å². The van der Waals surface area contributed by atoms with E-state index in [1.54, 1.807) is 31.9 Å². The molecule has 1 aliphatic carbocycles. The molecular weight excluding hydrogens is 404 g/mol. The lowest BCUT2D eigenvalue weighted by molar-refractivity contribution is -0.144. The number of imide groups is 1. The summed E-state index contributed by atoms with van der Waals surface area (Å²) in [6.07, 6.45) is 7.33. The molecule has 8 nitrogen and oxygen atoms in total. The molecule has 0 bridgehead atoms. The minimum atomic E-state index is -1.28. The van der Waals surface area contributed by atoms with Crippen LogP contribution in [0.15, 0.2) is 11.4 Å². The minimum absolute atomic E-state index is 0.0291. The maximum Gasteiger partial charge on any atom is 0.417 e. The number of nitrogens with zero attached hydrogens (tertiary/aromatic N) is 4. The number of hydrogen-bond donors (Lipinski definition) is 0. The van der Waals surface area contributed by atoms with Crippen LogP contribution in [0.4, 0.5) is 10.6 Å². The number of carbonyl (C=O) groups is 3. The van der Waals surface area contributed by atoms with E-state index in [9.17, 15) is 14.4 Å². The molecule has 0 aromatic carbocycles. The van der Waals surface area contributed by atoms with Crippen LogP contribution in [0.25, 0.3) is 0 Å². The molecule has 1 aromatic rings. The van der Waals surface area contributed by atoms with Crippen molar-refractivity contribution in [2.24, 2.45) is 5.41 Å². The lowest BCUT2D eigenvalue weighted by Crippen LogP contribution is -2.56. The van der Waals surface area contributed by atoms with E-state index in [1.807, 2.05) is 6.26 Å². The van der Waals surface area contributed by atoms with Gasteiger partial charge in [-0.2, -0.15) is 0 Å². The van der Waals surface area contributed by atoms with Crippen molar-refractivity contribution in [2.45, 2.75) is 76.1 Å². The van der Waals surface area contributed by atoms with E-state index in [2.05, 4.69) is 9.97 Å². The van der Waals surface area contributed by atoms with Gasteiger partial charge in [0.2, 0.25) is 11.8 Å². The summed E-state index contributed by atoms with van der Waals surface area (Å²) in [6.45, 7) is 5.44. The van der Waals surface area contributed by atoms with Gasteiger partial charge in [-0.1, -0.05) is 24.6 Å². The predicted molar refractivity (Wildman–Crippen MR) is 112 cm³/mol. The van der Waals surface area contributed by atoms with E-state index in [4.69, 9.17) is 4.74 Å². The van der Waals surface area contributed by atoms with Crippen LogP contribution in [0.2, 0.25) is 0 Å². The number of likely N-dealkylation sites (tertiary alicyclic amines) is 1. The van der Waals surface area contributed by atoms with Gasteiger partial charge in [0.05, 0.1) is 0 Å². The molecule has 1 aromatic heterocycles. The molecule has 2 fully saturated rings. The molecule has 0 N–H and O–H groups in total. The van der Waals surface area contributed by atoms with Crippen LogP contribution >= 0.6 is 11.8 Å². The number of anilines is 1. The van der Waals surface area contributed by atoms with Crippen LogP contribution in [0.5, 0.6) is 0 Å². The summed E-state index contributed by atoms with van der Waals surface area (Å²) < 4.78 is 5.40. The average molecular weight is 433 g/mol. The molecule has 1 saturated heterocycles. The highest BCUT2D eigenvalue weighted by atomic mass is 32.2. The standard InChI is InChI=1S/C21H28N4O4S/c1-20(2,3)29-19(28)24-10-9-21(16(24)26)11-13-12-22-18(30-4)23-15(13)25(17(21)27)14-7-5-6-8-14/h12,14H,5-11H2,1-4H3/t21-/m0/s1. The molecule has 2 aliphatic heterocycles. The van der Waals surface area contributed by atoms with Crippen molar-refractivity contribution < 1.29 is 19.1 Å². The Labute approximate surface area is 180 Å². The van der Waals surface area contributed by atoms with Gasteiger partial charge in [0.25, 0.3) is 0 Å². The fraction of sp³-hybridized carbons (Fsp3) is 0.667. The molecule has 3 heterocycles. The molecule has 1 saturated carbocycles. The first-order valence-electron chi connectivity index (χ1n) is 10.4. The van der Waals surface area contributed by atoms with Crippen molar-refractivity contribution in [2.75, 3.05) is 17.7 Å². The Morgan fingerprint density at radius 3 is 2.57 bits per heavy atom. The van der Waals surface area contributed by atoms with Gasteiger partial charge in [-0.25, -0.2) is 19.7 Å². The van der Waals surface area contributed by atoms with Gasteiger partial charge in [-0.3, -0.25) is 14.5 Å². The fourth-order valence-electron chi connectivity index (χ4n) is 4.67. The van der Waals surface area contributed by atoms with E-state index in [0.29, 0.717) is 11.0 Å². The van der Waals surface area contributed by atoms with Crippen molar-refractivity contribution in [3.63, 3.8) is 0 Å². The first-order valence-corrected chi connectivity index (χ1v) is 11.7. The summed E-state index contributed by atoms with van der Waals surface area (Å²) in [7, 11) is 0. The largest absolute Gasteiger partial charge is 0.443 e. The number of amides is 3. The van der Waals surface area contributed by atoms with Gasteiger partial charge in [0, 0.05) is 30.8 Å². The molecule has 0 unspecified atom stereocenters. The summed E-state index contributed by atoms with van der Waals surface area (Å²) >= 11 is 1.42. The Kier molecular flexibility index (Phi) is 5.28. The molecule has 30 heavy (non-hydrogen) atoms. The molecule has 0 radical (unpaired) electrons. The van der Waals surface area contributed by atoms with Crippen molar-refractivity contribution in [1.29, 1.82) is 0 Å². The first kappa shape index (κ1) is 21.1. The number of thioether (sulfide) groups is 1. The molecule has 3 amide bonds. The van der Waals surface area contributed by atoms with E-state index >= 15 is 0 Å². The van der Waals surface area contributed by atoms with Gasteiger partial charge in [0.1, 0.15) is 16.8 Å². The van der Waals surface area contributed by atoms with E-state index in [-0.39, 0.29) is 31.3 Å². The predicted octanol–water partition coefficient (Wildman–Crippen LogP) is 3.18. The smallest absolute Gasteiger partial charge is 0.417 e. The highest BCUT2D eigenvalue weighted by Gasteiger charge is 2.60. The third-order valence-electron chi connectivity index (χ3n) is 6.07. The van der Waals surface area contributed by atoms with E-state index in [0.717, 1.165) is 36.1 Å². The molecular formula is C21H28N4O4S. The Morgan fingerprint density at radius 1 is 1.23 bits per heavy atom. The Morgan fingerprint density at radius 2 is 1.93 bits per heavy atom. The fourth-order valence-corrected chi connectivity index (χ4v) is 5.00. The SMILES string of the molecule is CSc1ncc2c(n1)N(C1CCCC1)C(=O)[C@@]1(CCN(C(=O)OC(C)(C)C)C1=O)C2. The lowest BCUT2D eigenvalue weighted by Gasteiger charge is -2.41. The third kappa shape index (κ3) is 3.46. The van der Waals surface area contributed by atoms with Crippen molar-refractivity contribution >= 4 is 35.5 Å². The lowest BCUT2D eigenvalue weighted by atomic mass is 9.76. The van der Waals surface area contributed by atoms with Gasteiger partial charge >= 0.3 is 6.09 Å². The zero-order chi connectivity index (χ0) is 21.7. The monoisotopic (exact) mass is 432 g/mol. The topological polar surface area (TPSA) is 92.7 Å². The number of carbonyl (C=O) groups excluding carboxylic acids is 3. The highest BCUT2D eigenvalue weighted by molar-refractivity contribution is 7.98. The van der Waals surface area contributed by atoms with Crippen LogP contribution in [0, 0.1) is 5.41 Å². The number of hydrogen-bond acceptors (Lipinski definition) is 7. The summed E-state index contributed by atoms with van der Waals surface area (Å²) in [4.78, 5) is 51.7. The molecule has 1 atom stereocenters. The number of rotatable bonds is 2. The van der Waals surface area contributed by atoms with Crippen molar-refractivity contribution in [1.82, 2.24) is 14.9 Å². The Hall–Kier alpha value is -2.16. The van der Waals surface area contributed by atoms with Crippen LogP contribution < -0.4 is 4.90 Å². The number of aromatic nitrogens is 2. The molecule has 3 aliphatic rings. The maximum absolute atomic E-state index is 13.8. The first-order chi connectivity index (χ1) is 14.2. The molecule has 1 spiro atoms. The van der Waals surface area contributed by atoms with E-state index in [1.165, 1.54) is 11.8 Å². The van der Waals surface area contributed by atoms with Crippen molar-refractivity contribution in [3.05, 3.63) is 11.8 Å². The van der Waals surface area contributed by atoms with Crippen LogP contribution in [0.1, 0.15) is 58.4 Å². The second kappa shape index (κ2) is 7.51. The normalized spacial score (nSPS) is 24.7. The summed E-state index contributed by atoms with van der Waals surface area (Å²) in [5.74, 6) is -0.0755. The Balaban J connectivity index is 1.72. The zero-order valence-electron chi connectivity index (χ0n) is 17.9. The van der Waals surface area contributed by atoms with Crippen LogP contribution in [-0.2, 0) is 20.7 Å². The quantitative estimate of drug-likeness (QED) is 0.402. The molecule has 162 valence electrons. The van der Waals surface area contributed by atoms with Gasteiger partial charge < -0.3 is 4.74 Å². The van der Waals surface area contributed by atoms with Gasteiger partial charge in [-0.05, 0) is 46.3 Å². The number of ether oxygens (including phenoxy) is 1. The summed E-state index contributed by atoms with van der Waals surface area (Å²) in [6, 6.07) is 0.0291. The zero-order valence-corrected chi connectivity index (χ0v) is 18.8. The minimum Gasteiger partial charge on any atom is -0.443 e. The van der Waals surface area contributed by atoms with Crippen molar-refractivity contribution in [3.8, 4) is 0 Å². The average Bonchev–Trinajstić information content (AvgIpc) is 3.31. The second-order valence-electron chi connectivity index (χ2n) is 9.26. The third-order valence-corrected chi connectivity index (χ3v) is 6.63. The Bertz CT molecular complexity index is 893. The summed E-state index contributed by atoms with van der Waals surface area (Å²) in [5.41, 5.74) is -1.20. The number of fused-ring (bicyclic) bond motifs is 1.